The van der Waals surface area contributed by atoms with Gasteiger partial charge < -0.3 is 14.8 Å². The van der Waals surface area contributed by atoms with Crippen LogP contribution in [-0.2, 0) is 16.0 Å². The molecule has 25 heavy (non-hydrogen) atoms. The first kappa shape index (κ1) is 18.4. The molecule has 0 unspecified atom stereocenters. The molecule has 0 heterocycles. The van der Waals surface area contributed by atoms with Gasteiger partial charge in [0.1, 0.15) is 17.4 Å². The average Bonchev–Trinajstić information content (AvgIpc) is 2.60. The molecule has 0 aliphatic rings. The summed E-state index contributed by atoms with van der Waals surface area (Å²) in [5, 5.41) is 2.59. The minimum atomic E-state index is -1.04. The summed E-state index contributed by atoms with van der Waals surface area (Å²) < 4.78 is 36.0. The van der Waals surface area contributed by atoms with Crippen molar-refractivity contribution in [1.82, 2.24) is 5.32 Å². The van der Waals surface area contributed by atoms with Gasteiger partial charge in [-0.1, -0.05) is 12.1 Å². The largest absolute Gasteiger partial charge is 0.497 e. The summed E-state index contributed by atoms with van der Waals surface area (Å²) in [5.74, 6) is -2.63. The van der Waals surface area contributed by atoms with Crippen molar-refractivity contribution in [2.75, 3.05) is 20.3 Å². The second-order valence-corrected chi connectivity index (χ2v) is 5.15. The maximum atomic E-state index is 13.4. The van der Waals surface area contributed by atoms with Gasteiger partial charge >= 0.3 is 5.97 Å². The Morgan fingerprint density at radius 1 is 1.08 bits per heavy atom. The molecule has 0 aliphatic carbocycles. The predicted molar refractivity (Wildman–Crippen MR) is 86.3 cm³/mol. The molecule has 2 aromatic rings. The first-order valence-corrected chi connectivity index (χ1v) is 7.51. The van der Waals surface area contributed by atoms with E-state index in [4.69, 9.17) is 9.47 Å². The van der Waals surface area contributed by atoms with E-state index in [1.165, 1.54) is 0 Å². The van der Waals surface area contributed by atoms with E-state index in [1.54, 1.807) is 7.11 Å². The summed E-state index contributed by atoms with van der Waals surface area (Å²) in [4.78, 5) is 23.3. The number of carbonyl (C=O) groups is 2. The van der Waals surface area contributed by atoms with Crippen LogP contribution in [0.25, 0.3) is 0 Å². The quantitative estimate of drug-likeness (QED) is 0.780. The molecule has 0 saturated carbocycles. The van der Waals surface area contributed by atoms with Crippen LogP contribution in [0.2, 0.25) is 0 Å². The normalized spacial score (nSPS) is 10.2. The van der Waals surface area contributed by atoms with E-state index in [1.807, 2.05) is 24.3 Å². The van der Waals surface area contributed by atoms with Crippen molar-refractivity contribution in [1.29, 1.82) is 0 Å². The van der Waals surface area contributed by atoms with Gasteiger partial charge in [-0.2, -0.15) is 0 Å². The Balaban J connectivity index is 1.73. The molecule has 0 fully saturated rings. The van der Waals surface area contributed by atoms with E-state index >= 15 is 0 Å². The van der Waals surface area contributed by atoms with Gasteiger partial charge in [-0.15, -0.1) is 0 Å². The number of methoxy groups -OCH3 is 1. The number of halogens is 2. The summed E-state index contributed by atoms with van der Waals surface area (Å²) in [5.41, 5.74) is 0.582. The van der Waals surface area contributed by atoms with Gasteiger partial charge in [0.2, 0.25) is 0 Å². The van der Waals surface area contributed by atoms with Crippen molar-refractivity contribution in [2.45, 2.75) is 6.42 Å². The van der Waals surface area contributed by atoms with Crippen molar-refractivity contribution in [3.63, 3.8) is 0 Å². The van der Waals surface area contributed by atoms with E-state index < -0.39 is 35.7 Å². The monoisotopic (exact) mass is 349 g/mol. The van der Waals surface area contributed by atoms with Crippen LogP contribution in [0.5, 0.6) is 5.75 Å². The zero-order valence-electron chi connectivity index (χ0n) is 13.6. The standard InChI is InChI=1S/C18H17F2NO4/c1-24-14-5-2-12(3-6-14)8-9-21-17(22)11-25-18(23)15-7-4-13(19)10-16(15)20/h2-7,10H,8-9,11H2,1H3,(H,21,22). The lowest BCUT2D eigenvalue weighted by molar-refractivity contribution is -0.124. The zero-order valence-corrected chi connectivity index (χ0v) is 13.6. The molecular formula is C18H17F2NO4. The first-order valence-electron chi connectivity index (χ1n) is 7.51. The van der Waals surface area contributed by atoms with Gasteiger partial charge in [0, 0.05) is 12.6 Å². The van der Waals surface area contributed by atoms with Gasteiger partial charge in [0.05, 0.1) is 12.7 Å². The van der Waals surface area contributed by atoms with Gasteiger partial charge in [-0.05, 0) is 36.2 Å². The van der Waals surface area contributed by atoms with Crippen LogP contribution in [0, 0.1) is 11.6 Å². The van der Waals surface area contributed by atoms with E-state index in [2.05, 4.69) is 5.32 Å². The van der Waals surface area contributed by atoms with Crippen molar-refractivity contribution in [2.24, 2.45) is 0 Å². The number of hydrogen-bond acceptors (Lipinski definition) is 4. The highest BCUT2D eigenvalue weighted by atomic mass is 19.1. The van der Waals surface area contributed by atoms with E-state index in [0.29, 0.717) is 19.0 Å². The minimum absolute atomic E-state index is 0.355. The van der Waals surface area contributed by atoms with Crippen LogP contribution in [0.15, 0.2) is 42.5 Å². The highest BCUT2D eigenvalue weighted by Crippen LogP contribution is 2.12. The molecule has 0 aromatic heterocycles. The Labute approximate surface area is 143 Å². The molecule has 0 bridgehead atoms. The molecule has 1 amide bonds. The lowest BCUT2D eigenvalue weighted by Gasteiger charge is -2.08. The lowest BCUT2D eigenvalue weighted by Crippen LogP contribution is -2.30. The topological polar surface area (TPSA) is 64.6 Å². The van der Waals surface area contributed by atoms with Crippen molar-refractivity contribution in [3.8, 4) is 5.75 Å². The molecule has 0 saturated heterocycles. The molecule has 1 N–H and O–H groups in total. The Morgan fingerprint density at radius 2 is 1.80 bits per heavy atom. The number of carbonyl (C=O) groups excluding carboxylic acids is 2. The maximum Gasteiger partial charge on any atom is 0.341 e. The van der Waals surface area contributed by atoms with E-state index in [-0.39, 0.29) is 0 Å². The zero-order chi connectivity index (χ0) is 18.2. The Kier molecular flexibility index (Phi) is 6.45. The molecular weight excluding hydrogens is 332 g/mol. The summed E-state index contributed by atoms with van der Waals surface area (Å²) >= 11 is 0. The van der Waals surface area contributed by atoms with Gasteiger partial charge in [-0.25, -0.2) is 13.6 Å². The first-order chi connectivity index (χ1) is 12.0. The summed E-state index contributed by atoms with van der Waals surface area (Å²) in [6.07, 6.45) is 0.594. The number of ether oxygens (including phenoxy) is 2. The number of amides is 1. The Hall–Kier alpha value is -2.96. The van der Waals surface area contributed by atoms with Crippen molar-refractivity contribution < 1.29 is 27.8 Å². The average molecular weight is 349 g/mol. The summed E-state index contributed by atoms with van der Waals surface area (Å²) in [6, 6.07) is 9.87. The SMILES string of the molecule is COc1ccc(CCNC(=O)COC(=O)c2ccc(F)cc2F)cc1. The highest BCUT2D eigenvalue weighted by Gasteiger charge is 2.15. The number of hydrogen-bond donors (Lipinski definition) is 1. The molecule has 2 aromatic carbocycles. The maximum absolute atomic E-state index is 13.4. The summed E-state index contributed by atoms with van der Waals surface area (Å²) in [6.45, 7) is -0.189. The molecule has 7 heteroatoms. The van der Waals surface area contributed by atoms with E-state index in [0.717, 1.165) is 23.4 Å². The van der Waals surface area contributed by atoms with Crippen molar-refractivity contribution >= 4 is 11.9 Å². The minimum Gasteiger partial charge on any atom is -0.497 e. The van der Waals surface area contributed by atoms with Crippen LogP contribution < -0.4 is 10.1 Å². The van der Waals surface area contributed by atoms with Crippen LogP contribution in [0.3, 0.4) is 0 Å². The van der Waals surface area contributed by atoms with E-state index in [9.17, 15) is 18.4 Å². The lowest BCUT2D eigenvalue weighted by atomic mass is 10.1. The fraction of sp³-hybridized carbons (Fsp3) is 0.222. The Morgan fingerprint density at radius 3 is 2.44 bits per heavy atom. The van der Waals surface area contributed by atoms with Crippen LogP contribution in [0.4, 0.5) is 8.78 Å². The molecule has 132 valence electrons. The van der Waals surface area contributed by atoms with Gasteiger partial charge in [0.15, 0.2) is 6.61 Å². The molecule has 0 spiro atoms. The molecule has 0 atom stereocenters. The highest BCUT2D eigenvalue weighted by molar-refractivity contribution is 5.91. The third-order valence-electron chi connectivity index (χ3n) is 3.38. The second kappa shape index (κ2) is 8.77. The van der Waals surface area contributed by atoms with Gasteiger partial charge in [0.25, 0.3) is 5.91 Å². The molecule has 0 aliphatic heterocycles. The molecule has 0 radical (unpaired) electrons. The third kappa shape index (κ3) is 5.56. The smallest absolute Gasteiger partial charge is 0.341 e. The predicted octanol–water partition coefficient (Wildman–Crippen LogP) is 2.49. The fourth-order valence-electron chi connectivity index (χ4n) is 2.05. The third-order valence-corrected chi connectivity index (χ3v) is 3.38. The van der Waals surface area contributed by atoms with Gasteiger partial charge in [-0.3, -0.25) is 4.79 Å². The number of benzene rings is 2. The second-order valence-electron chi connectivity index (χ2n) is 5.15. The van der Waals surface area contributed by atoms with Crippen molar-refractivity contribution in [3.05, 3.63) is 65.2 Å². The number of rotatable bonds is 7. The molecule has 5 nitrogen and oxygen atoms in total. The molecule has 2 rings (SSSR count). The van der Waals surface area contributed by atoms with Crippen LogP contribution in [0.1, 0.15) is 15.9 Å². The number of esters is 1. The number of nitrogens with one attached hydrogen (secondary N) is 1. The van der Waals surface area contributed by atoms with Crippen LogP contribution >= 0.6 is 0 Å². The Bertz CT molecular complexity index is 747. The van der Waals surface area contributed by atoms with Crippen LogP contribution in [-0.4, -0.2) is 32.1 Å². The fourth-order valence-corrected chi connectivity index (χ4v) is 2.05. The summed E-state index contributed by atoms with van der Waals surface area (Å²) in [7, 11) is 1.58.